The van der Waals surface area contributed by atoms with Gasteiger partial charge in [-0.2, -0.15) is 0 Å². The summed E-state index contributed by atoms with van der Waals surface area (Å²) in [5, 5.41) is 0. The molecule has 0 aliphatic carbocycles. The lowest BCUT2D eigenvalue weighted by molar-refractivity contribution is 0.210. The smallest absolute Gasteiger partial charge is 0.409 e. The maximum atomic E-state index is 10.7. The molecule has 2 aromatic rings. The minimum absolute atomic E-state index is 0.388. The van der Waals surface area contributed by atoms with Crippen molar-refractivity contribution >= 4 is 6.09 Å². The first-order chi connectivity index (χ1) is 10.1. The Hall–Kier alpha value is -2.56. The van der Waals surface area contributed by atoms with E-state index in [0.29, 0.717) is 18.1 Å². The minimum Gasteiger partial charge on any atom is -0.487 e. The van der Waals surface area contributed by atoms with E-state index < -0.39 is 6.09 Å². The number of nitrogens with zero attached hydrogens (tertiary/aromatic N) is 1. The summed E-state index contributed by atoms with van der Waals surface area (Å²) in [6, 6.07) is 9.17. The summed E-state index contributed by atoms with van der Waals surface area (Å²) in [6.07, 6.45) is 1.99. The Morgan fingerprint density at radius 3 is 2.67 bits per heavy atom. The number of nitrogens with two attached hydrogens (primary N) is 1. The van der Waals surface area contributed by atoms with Gasteiger partial charge in [0.1, 0.15) is 18.1 Å². The van der Waals surface area contributed by atoms with Crippen molar-refractivity contribution in [1.82, 2.24) is 4.98 Å². The monoisotopic (exact) mass is 286 g/mol. The predicted octanol–water partition coefficient (Wildman–Crippen LogP) is 2.99. The molecule has 0 aliphatic rings. The molecule has 5 heteroatoms. The van der Waals surface area contributed by atoms with E-state index in [0.717, 1.165) is 17.7 Å². The van der Waals surface area contributed by atoms with Crippen LogP contribution in [0.2, 0.25) is 0 Å². The number of aryl methyl sites for hydroxylation is 2. The summed E-state index contributed by atoms with van der Waals surface area (Å²) in [6.45, 7) is 4.30. The Morgan fingerprint density at radius 2 is 2.10 bits per heavy atom. The molecule has 0 spiro atoms. The molecule has 1 aromatic carbocycles. The number of aromatic nitrogens is 1. The van der Waals surface area contributed by atoms with E-state index in [1.165, 1.54) is 5.56 Å². The second kappa shape index (κ2) is 6.74. The molecule has 0 atom stereocenters. The third-order valence-corrected chi connectivity index (χ3v) is 3.04. The van der Waals surface area contributed by atoms with Crippen molar-refractivity contribution in [3.63, 3.8) is 0 Å². The highest BCUT2D eigenvalue weighted by Gasteiger charge is 2.05. The molecule has 1 aromatic heterocycles. The van der Waals surface area contributed by atoms with Crippen LogP contribution in [0.4, 0.5) is 4.79 Å². The summed E-state index contributed by atoms with van der Waals surface area (Å²) >= 11 is 0. The van der Waals surface area contributed by atoms with Crippen molar-refractivity contribution in [3.8, 4) is 11.5 Å². The molecule has 0 saturated heterocycles. The zero-order valence-electron chi connectivity index (χ0n) is 12.1. The van der Waals surface area contributed by atoms with Crippen LogP contribution in [0.15, 0.2) is 36.5 Å². The van der Waals surface area contributed by atoms with Gasteiger partial charge in [-0.3, -0.25) is 4.98 Å². The normalized spacial score (nSPS) is 10.2. The van der Waals surface area contributed by atoms with Gasteiger partial charge in [0.05, 0.1) is 5.69 Å². The van der Waals surface area contributed by atoms with E-state index in [4.69, 9.17) is 15.2 Å². The van der Waals surface area contributed by atoms with Crippen molar-refractivity contribution in [2.75, 3.05) is 0 Å². The number of primary amides is 1. The third kappa shape index (κ3) is 4.21. The summed E-state index contributed by atoms with van der Waals surface area (Å²) in [5.74, 6) is 1.12. The van der Waals surface area contributed by atoms with Gasteiger partial charge in [-0.15, -0.1) is 0 Å². The highest BCUT2D eigenvalue weighted by atomic mass is 16.5. The summed E-state index contributed by atoms with van der Waals surface area (Å²) in [5.41, 5.74) is 7.83. The van der Waals surface area contributed by atoms with Crippen molar-refractivity contribution in [3.05, 3.63) is 53.3 Å². The number of carbonyl (C=O) groups is 1. The van der Waals surface area contributed by atoms with Crippen LogP contribution < -0.4 is 15.2 Å². The Balaban J connectivity index is 1.99. The summed E-state index contributed by atoms with van der Waals surface area (Å²) < 4.78 is 10.5. The van der Waals surface area contributed by atoms with E-state index in [9.17, 15) is 4.79 Å². The van der Waals surface area contributed by atoms with Crippen LogP contribution in [0.3, 0.4) is 0 Å². The molecule has 0 saturated carbocycles. The number of rotatable bonds is 5. The van der Waals surface area contributed by atoms with E-state index in [1.54, 1.807) is 18.2 Å². The van der Waals surface area contributed by atoms with Crippen LogP contribution in [0.5, 0.6) is 11.5 Å². The topological polar surface area (TPSA) is 74.4 Å². The van der Waals surface area contributed by atoms with Gasteiger partial charge >= 0.3 is 6.09 Å². The van der Waals surface area contributed by atoms with Crippen LogP contribution in [0.1, 0.15) is 23.7 Å². The van der Waals surface area contributed by atoms with Crippen molar-refractivity contribution in [2.45, 2.75) is 26.9 Å². The average molecular weight is 286 g/mol. The fourth-order valence-corrected chi connectivity index (χ4v) is 1.84. The number of carbonyl (C=O) groups excluding carboxylic acids is 1. The standard InChI is InChI=1S/C16H18N2O3/c1-3-12-4-5-13(18-9-12)10-20-14-6-7-15(11(2)8-14)21-16(17)19/h4-9H,3,10H2,1-2H3,(H2,17,19). The van der Waals surface area contributed by atoms with Gasteiger partial charge in [0.2, 0.25) is 0 Å². The lowest BCUT2D eigenvalue weighted by Crippen LogP contribution is -2.16. The summed E-state index contributed by atoms with van der Waals surface area (Å²) in [7, 11) is 0. The molecule has 1 heterocycles. The van der Waals surface area contributed by atoms with Gasteiger partial charge in [-0.25, -0.2) is 4.79 Å². The second-order valence-corrected chi connectivity index (χ2v) is 4.65. The molecule has 2 N–H and O–H groups in total. The SMILES string of the molecule is CCc1ccc(COc2ccc(OC(N)=O)c(C)c2)nc1. The van der Waals surface area contributed by atoms with E-state index in [1.807, 2.05) is 25.3 Å². The van der Waals surface area contributed by atoms with E-state index in [2.05, 4.69) is 11.9 Å². The fraction of sp³-hybridized carbons (Fsp3) is 0.250. The molecule has 1 amide bonds. The van der Waals surface area contributed by atoms with Gasteiger partial charge in [-0.1, -0.05) is 13.0 Å². The Bertz CT molecular complexity index is 624. The predicted molar refractivity (Wildman–Crippen MR) is 79.3 cm³/mol. The number of ether oxygens (including phenoxy) is 2. The number of hydrogen-bond acceptors (Lipinski definition) is 4. The van der Waals surface area contributed by atoms with E-state index in [-0.39, 0.29) is 0 Å². The van der Waals surface area contributed by atoms with Gasteiger partial charge in [0.25, 0.3) is 0 Å². The summed E-state index contributed by atoms with van der Waals surface area (Å²) in [4.78, 5) is 15.1. The van der Waals surface area contributed by atoms with E-state index >= 15 is 0 Å². The Kier molecular flexibility index (Phi) is 4.77. The lowest BCUT2D eigenvalue weighted by atomic mass is 10.2. The van der Waals surface area contributed by atoms with Gasteiger partial charge in [0, 0.05) is 6.20 Å². The molecule has 110 valence electrons. The largest absolute Gasteiger partial charge is 0.487 e. The molecule has 0 bridgehead atoms. The van der Waals surface area contributed by atoms with Crippen LogP contribution in [-0.4, -0.2) is 11.1 Å². The van der Waals surface area contributed by atoms with Gasteiger partial charge in [0.15, 0.2) is 0 Å². The molecular weight excluding hydrogens is 268 g/mol. The molecular formula is C16H18N2O3. The van der Waals surface area contributed by atoms with Crippen LogP contribution in [0.25, 0.3) is 0 Å². The number of amides is 1. The molecule has 21 heavy (non-hydrogen) atoms. The fourth-order valence-electron chi connectivity index (χ4n) is 1.84. The highest BCUT2D eigenvalue weighted by molar-refractivity contribution is 5.68. The first-order valence-electron chi connectivity index (χ1n) is 6.73. The number of benzene rings is 1. The van der Waals surface area contributed by atoms with Crippen LogP contribution >= 0.6 is 0 Å². The van der Waals surface area contributed by atoms with Crippen LogP contribution in [0, 0.1) is 6.92 Å². The first-order valence-corrected chi connectivity index (χ1v) is 6.73. The van der Waals surface area contributed by atoms with Crippen molar-refractivity contribution in [1.29, 1.82) is 0 Å². The highest BCUT2D eigenvalue weighted by Crippen LogP contribution is 2.23. The van der Waals surface area contributed by atoms with Gasteiger partial charge in [-0.05, 0) is 48.7 Å². The average Bonchev–Trinajstić information content (AvgIpc) is 2.48. The van der Waals surface area contributed by atoms with Crippen molar-refractivity contribution < 1.29 is 14.3 Å². The molecule has 0 unspecified atom stereocenters. The zero-order valence-corrected chi connectivity index (χ0v) is 12.1. The maximum Gasteiger partial charge on any atom is 0.409 e. The molecule has 5 nitrogen and oxygen atoms in total. The maximum absolute atomic E-state index is 10.7. The number of hydrogen-bond donors (Lipinski definition) is 1. The molecule has 2 rings (SSSR count). The molecule has 0 aliphatic heterocycles. The quantitative estimate of drug-likeness (QED) is 0.917. The third-order valence-electron chi connectivity index (χ3n) is 3.04. The molecule has 0 fully saturated rings. The lowest BCUT2D eigenvalue weighted by Gasteiger charge is -2.09. The first kappa shape index (κ1) is 14.8. The Labute approximate surface area is 123 Å². The number of pyridine rings is 1. The van der Waals surface area contributed by atoms with Crippen LogP contribution in [-0.2, 0) is 13.0 Å². The minimum atomic E-state index is -0.827. The Morgan fingerprint density at radius 1 is 1.29 bits per heavy atom. The van der Waals surface area contributed by atoms with Gasteiger partial charge < -0.3 is 15.2 Å². The second-order valence-electron chi connectivity index (χ2n) is 4.65. The van der Waals surface area contributed by atoms with Crippen molar-refractivity contribution in [2.24, 2.45) is 5.73 Å². The zero-order chi connectivity index (χ0) is 15.2. The molecule has 0 radical (unpaired) electrons.